The second-order valence-electron chi connectivity index (χ2n) is 6.15. The maximum atomic E-state index is 12.5. The molecule has 7 nitrogen and oxygen atoms in total. The van der Waals surface area contributed by atoms with Crippen LogP contribution in [-0.4, -0.2) is 39.8 Å². The number of fused-ring (bicyclic) bond motifs is 5. The minimum absolute atomic E-state index is 0.0374. The van der Waals surface area contributed by atoms with Crippen molar-refractivity contribution in [2.24, 2.45) is 23.7 Å². The summed E-state index contributed by atoms with van der Waals surface area (Å²) in [5.74, 6) is 0.631. The van der Waals surface area contributed by atoms with Crippen LogP contribution in [0.15, 0.2) is 24.5 Å². The monoisotopic (exact) mass is 309 g/mol. The molecular weight excluding hydrogens is 294 g/mol. The summed E-state index contributed by atoms with van der Waals surface area (Å²) >= 11 is 0. The van der Waals surface area contributed by atoms with E-state index in [2.05, 4.69) is 27.4 Å². The number of rotatable bonds is 4. The van der Waals surface area contributed by atoms with Crippen molar-refractivity contribution in [1.82, 2.24) is 14.9 Å². The van der Waals surface area contributed by atoms with Crippen LogP contribution in [0.25, 0.3) is 0 Å². The van der Waals surface area contributed by atoms with Crippen LogP contribution in [-0.2, 0) is 9.59 Å². The molecule has 2 heterocycles. The van der Waals surface area contributed by atoms with E-state index >= 15 is 0 Å². The van der Waals surface area contributed by atoms with Crippen molar-refractivity contribution < 1.29 is 9.59 Å². The first-order valence-corrected chi connectivity index (χ1v) is 7.68. The van der Waals surface area contributed by atoms with Crippen molar-refractivity contribution in [3.63, 3.8) is 0 Å². The van der Waals surface area contributed by atoms with Crippen LogP contribution in [0.2, 0.25) is 0 Å². The van der Waals surface area contributed by atoms with E-state index < -0.39 is 0 Å². The van der Waals surface area contributed by atoms with Gasteiger partial charge in [0.25, 0.3) is 0 Å². The van der Waals surface area contributed by atoms with Gasteiger partial charge in [0.2, 0.25) is 11.8 Å². The maximum Gasteiger partial charge on any atom is 0.233 e. The van der Waals surface area contributed by atoms with Crippen LogP contribution < -0.4 is 5.32 Å². The van der Waals surface area contributed by atoms with E-state index in [1.54, 1.807) is 0 Å². The summed E-state index contributed by atoms with van der Waals surface area (Å²) in [5, 5.41) is 11.7. The third-order valence-electron chi connectivity index (χ3n) is 4.97. The molecule has 4 atom stereocenters. The zero-order valence-electron chi connectivity index (χ0n) is 12.3. The van der Waals surface area contributed by atoms with Gasteiger partial charge in [-0.1, -0.05) is 12.2 Å². The topological polar surface area (TPSA) is 99.0 Å². The lowest BCUT2D eigenvalue weighted by molar-refractivity contribution is -0.140. The third kappa shape index (κ3) is 2.10. The normalized spacial score (nSPS) is 30.7. The van der Waals surface area contributed by atoms with Crippen LogP contribution >= 0.6 is 0 Å². The number of nitrogens with zero attached hydrogens (tertiary/aromatic N) is 4. The fraction of sp³-hybridized carbons (Fsp3) is 0.438. The van der Waals surface area contributed by atoms with Crippen molar-refractivity contribution in [1.29, 1.82) is 5.26 Å². The average Bonchev–Trinajstić information content (AvgIpc) is 3.25. The Balaban J connectivity index is 1.37. The van der Waals surface area contributed by atoms with Gasteiger partial charge >= 0.3 is 0 Å². The molecule has 3 aliphatic rings. The minimum Gasteiger partial charge on any atom is -0.367 e. The zero-order valence-corrected chi connectivity index (χ0v) is 12.3. The molecule has 2 amide bonds. The van der Waals surface area contributed by atoms with Gasteiger partial charge in [-0.2, -0.15) is 5.26 Å². The molecule has 2 aliphatic carbocycles. The first-order valence-electron chi connectivity index (χ1n) is 7.68. The molecule has 1 aromatic heterocycles. The third-order valence-corrected chi connectivity index (χ3v) is 4.97. The maximum absolute atomic E-state index is 12.5. The Labute approximate surface area is 133 Å². The number of likely N-dealkylation sites (tertiary alicyclic amines) is 1. The van der Waals surface area contributed by atoms with E-state index in [0.717, 1.165) is 6.42 Å². The molecule has 4 rings (SSSR count). The van der Waals surface area contributed by atoms with Crippen molar-refractivity contribution in [3.05, 3.63) is 30.2 Å². The number of amides is 2. The second kappa shape index (κ2) is 5.16. The smallest absolute Gasteiger partial charge is 0.233 e. The van der Waals surface area contributed by atoms with E-state index in [4.69, 9.17) is 5.26 Å². The summed E-state index contributed by atoms with van der Waals surface area (Å²) in [4.78, 5) is 34.3. The number of anilines is 1. The molecule has 1 N–H and O–H groups in total. The molecule has 7 heteroatoms. The van der Waals surface area contributed by atoms with Crippen LogP contribution in [0.1, 0.15) is 12.1 Å². The number of hydrogen-bond acceptors (Lipinski definition) is 6. The number of nitrogens with one attached hydrogen (secondary N) is 1. The molecular formula is C16H15N5O2. The average molecular weight is 309 g/mol. The van der Waals surface area contributed by atoms with Gasteiger partial charge < -0.3 is 5.32 Å². The Morgan fingerprint density at radius 1 is 1.17 bits per heavy atom. The number of allylic oxidation sites excluding steroid dienone is 2. The van der Waals surface area contributed by atoms with Gasteiger partial charge in [0, 0.05) is 13.1 Å². The molecule has 23 heavy (non-hydrogen) atoms. The molecule has 0 aromatic carbocycles. The molecule has 1 aromatic rings. The summed E-state index contributed by atoms with van der Waals surface area (Å²) in [6.45, 7) is 0.742. The molecule has 4 unspecified atom stereocenters. The summed E-state index contributed by atoms with van der Waals surface area (Å²) < 4.78 is 0. The summed E-state index contributed by atoms with van der Waals surface area (Å²) in [7, 11) is 0. The van der Waals surface area contributed by atoms with Gasteiger partial charge in [-0.25, -0.2) is 9.97 Å². The highest BCUT2D eigenvalue weighted by Crippen LogP contribution is 2.52. The molecule has 1 saturated carbocycles. The molecule has 1 aliphatic heterocycles. The van der Waals surface area contributed by atoms with E-state index in [-0.39, 0.29) is 41.2 Å². The number of nitriles is 1. The van der Waals surface area contributed by atoms with Crippen molar-refractivity contribution >= 4 is 17.6 Å². The molecule has 0 spiro atoms. The molecule has 2 fully saturated rings. The highest BCUT2D eigenvalue weighted by molar-refractivity contribution is 6.06. The first kappa shape index (κ1) is 13.9. The lowest BCUT2D eigenvalue weighted by Crippen LogP contribution is -2.36. The minimum atomic E-state index is -0.146. The van der Waals surface area contributed by atoms with Gasteiger partial charge in [-0.3, -0.25) is 14.5 Å². The van der Waals surface area contributed by atoms with E-state index in [1.807, 2.05) is 6.07 Å². The van der Waals surface area contributed by atoms with Crippen LogP contribution in [0.3, 0.4) is 0 Å². The molecule has 2 bridgehead atoms. The molecule has 0 radical (unpaired) electrons. The number of imide groups is 1. The SMILES string of the molecule is N#Cc1cnc(NCCN2C(=O)C3C4C=CC(C4)C3C2=O)cn1. The second-order valence-corrected chi connectivity index (χ2v) is 6.15. The number of aromatic nitrogens is 2. The van der Waals surface area contributed by atoms with Gasteiger partial charge in [-0.15, -0.1) is 0 Å². The van der Waals surface area contributed by atoms with Gasteiger partial charge in [0.05, 0.1) is 24.2 Å². The standard InChI is InChI=1S/C16H15N5O2/c17-6-11-7-20-12(8-19-11)18-3-4-21-15(22)13-9-1-2-10(5-9)14(13)16(21)23/h1-2,7-10,13-14H,3-5H2,(H,18,20). The summed E-state index contributed by atoms with van der Waals surface area (Å²) in [6.07, 6.45) is 7.96. The van der Waals surface area contributed by atoms with Crippen molar-refractivity contribution in [2.45, 2.75) is 6.42 Å². The Hall–Kier alpha value is -2.75. The highest BCUT2D eigenvalue weighted by atomic mass is 16.2. The van der Waals surface area contributed by atoms with E-state index in [9.17, 15) is 9.59 Å². The van der Waals surface area contributed by atoms with Crippen molar-refractivity contribution in [3.8, 4) is 6.07 Å². The predicted octanol–water partition coefficient (Wildman–Crippen LogP) is 0.567. The summed E-state index contributed by atoms with van der Waals surface area (Å²) in [5.41, 5.74) is 0.247. The van der Waals surface area contributed by atoms with Crippen LogP contribution in [0.4, 0.5) is 5.82 Å². The molecule has 1 saturated heterocycles. The largest absolute Gasteiger partial charge is 0.367 e. The van der Waals surface area contributed by atoms with Crippen LogP contribution in [0, 0.1) is 35.0 Å². The fourth-order valence-corrected chi connectivity index (χ4v) is 3.96. The lowest BCUT2D eigenvalue weighted by Gasteiger charge is -2.17. The Bertz CT molecular complexity index is 706. The first-order chi connectivity index (χ1) is 11.2. The fourth-order valence-electron chi connectivity index (χ4n) is 3.96. The lowest BCUT2D eigenvalue weighted by atomic mass is 9.85. The van der Waals surface area contributed by atoms with Gasteiger partial charge in [-0.05, 0) is 18.3 Å². The Morgan fingerprint density at radius 2 is 1.87 bits per heavy atom. The summed E-state index contributed by atoms with van der Waals surface area (Å²) in [6, 6.07) is 1.90. The van der Waals surface area contributed by atoms with Gasteiger partial charge in [0.1, 0.15) is 11.9 Å². The predicted molar refractivity (Wildman–Crippen MR) is 79.7 cm³/mol. The van der Waals surface area contributed by atoms with E-state index in [0.29, 0.717) is 18.9 Å². The zero-order chi connectivity index (χ0) is 16.0. The quantitative estimate of drug-likeness (QED) is 0.645. The number of carbonyl (C=O) groups is 2. The van der Waals surface area contributed by atoms with Crippen LogP contribution in [0.5, 0.6) is 0 Å². The Morgan fingerprint density at radius 3 is 2.43 bits per heavy atom. The highest BCUT2D eigenvalue weighted by Gasteiger charge is 2.58. The van der Waals surface area contributed by atoms with E-state index in [1.165, 1.54) is 17.3 Å². The Kier molecular flexibility index (Phi) is 3.11. The van der Waals surface area contributed by atoms with Gasteiger partial charge in [0.15, 0.2) is 5.69 Å². The molecule has 116 valence electrons. The van der Waals surface area contributed by atoms with Crippen molar-refractivity contribution in [2.75, 3.05) is 18.4 Å². The number of hydrogen-bond donors (Lipinski definition) is 1. The number of carbonyl (C=O) groups excluding carboxylic acids is 2.